The third kappa shape index (κ3) is 4.91. The van der Waals surface area contributed by atoms with Gasteiger partial charge in [-0.25, -0.2) is 9.20 Å². The first-order valence-electron chi connectivity index (χ1n) is 11.6. The molecule has 0 bridgehead atoms. The van der Waals surface area contributed by atoms with Gasteiger partial charge in [-0.15, -0.1) is 0 Å². The second-order valence-corrected chi connectivity index (χ2v) is 8.50. The van der Waals surface area contributed by atoms with Gasteiger partial charge in [-0.2, -0.15) is 10.2 Å². The summed E-state index contributed by atoms with van der Waals surface area (Å²) in [5.74, 6) is 0.363. The Kier molecular flexibility index (Phi) is 6.99. The summed E-state index contributed by atoms with van der Waals surface area (Å²) in [6.07, 6.45) is 5.95. The van der Waals surface area contributed by atoms with Gasteiger partial charge in [-0.1, -0.05) is 43.7 Å². The Morgan fingerprint density at radius 3 is 2.78 bits per heavy atom. The van der Waals surface area contributed by atoms with Crippen molar-refractivity contribution in [1.29, 1.82) is 0 Å². The van der Waals surface area contributed by atoms with Gasteiger partial charge in [0, 0.05) is 24.7 Å². The molecule has 0 unspecified atom stereocenters. The van der Waals surface area contributed by atoms with E-state index in [2.05, 4.69) is 27.3 Å². The van der Waals surface area contributed by atoms with Gasteiger partial charge < -0.3 is 10.2 Å². The monoisotopic (exact) mass is 436 g/mol. The van der Waals surface area contributed by atoms with Crippen molar-refractivity contribution in [2.75, 3.05) is 19.6 Å². The molecule has 32 heavy (non-hydrogen) atoms. The molecule has 2 aromatic heterocycles. The maximum absolute atomic E-state index is 12.9. The molecule has 1 fully saturated rings. The molecule has 8 nitrogen and oxygen atoms in total. The molecule has 0 radical (unpaired) electrons. The molecule has 1 atom stereocenters. The fourth-order valence-corrected chi connectivity index (χ4v) is 4.55. The van der Waals surface area contributed by atoms with Crippen molar-refractivity contribution in [1.82, 2.24) is 29.6 Å². The highest BCUT2D eigenvalue weighted by Gasteiger charge is 2.20. The van der Waals surface area contributed by atoms with E-state index in [0.29, 0.717) is 29.6 Å². The second kappa shape index (κ2) is 10.1. The second-order valence-electron chi connectivity index (χ2n) is 8.50. The number of amides is 1. The zero-order valence-corrected chi connectivity index (χ0v) is 19.0. The molecule has 1 saturated heterocycles. The van der Waals surface area contributed by atoms with E-state index in [1.165, 1.54) is 30.4 Å². The number of carbonyl (C=O) groups excluding carboxylic acids is 1. The van der Waals surface area contributed by atoms with Crippen molar-refractivity contribution in [3.63, 3.8) is 0 Å². The maximum Gasteiger partial charge on any atom is 0.293 e. The zero-order chi connectivity index (χ0) is 22.5. The molecule has 0 saturated carbocycles. The van der Waals surface area contributed by atoms with Gasteiger partial charge in [-0.05, 0) is 45.2 Å². The van der Waals surface area contributed by atoms with Crippen molar-refractivity contribution in [2.24, 2.45) is 0 Å². The molecule has 4 rings (SSSR count). The summed E-state index contributed by atoms with van der Waals surface area (Å²) in [7, 11) is 0. The van der Waals surface area contributed by atoms with Gasteiger partial charge in [-0.3, -0.25) is 9.59 Å². The Morgan fingerprint density at radius 1 is 1.19 bits per heavy atom. The van der Waals surface area contributed by atoms with Crippen LogP contribution in [-0.2, 0) is 11.3 Å². The molecule has 1 N–H and O–H groups in total. The first kappa shape index (κ1) is 22.2. The average Bonchev–Trinajstić information content (AvgIpc) is 3.27. The molecule has 8 heteroatoms. The topological polar surface area (TPSA) is 84.5 Å². The highest BCUT2D eigenvalue weighted by molar-refractivity contribution is 5.75. The Hall–Kier alpha value is -3.00. The number of likely N-dealkylation sites (tertiary alicyclic amines) is 1. The third-order valence-corrected chi connectivity index (χ3v) is 6.26. The van der Waals surface area contributed by atoms with E-state index in [9.17, 15) is 9.59 Å². The molecule has 170 valence electrons. The first-order valence-corrected chi connectivity index (χ1v) is 11.6. The number of nitrogens with zero attached hydrogens (tertiary/aromatic N) is 5. The van der Waals surface area contributed by atoms with E-state index < -0.39 is 0 Å². The number of aryl methyl sites for hydroxylation is 1. The smallest absolute Gasteiger partial charge is 0.293 e. The van der Waals surface area contributed by atoms with E-state index in [4.69, 9.17) is 0 Å². The number of hydrogen-bond donors (Lipinski definition) is 1. The Morgan fingerprint density at radius 2 is 2.00 bits per heavy atom. The number of piperidine rings is 1. The quantitative estimate of drug-likeness (QED) is 0.549. The predicted octanol–water partition coefficient (Wildman–Crippen LogP) is 2.64. The van der Waals surface area contributed by atoms with E-state index in [1.807, 2.05) is 30.3 Å². The van der Waals surface area contributed by atoms with Gasteiger partial charge in [0.25, 0.3) is 5.56 Å². The minimum absolute atomic E-state index is 0.0939. The number of fused-ring (bicyclic) bond motifs is 1. The van der Waals surface area contributed by atoms with Gasteiger partial charge in [0.15, 0.2) is 0 Å². The van der Waals surface area contributed by atoms with Crippen LogP contribution in [0.2, 0.25) is 0 Å². The zero-order valence-electron chi connectivity index (χ0n) is 19.0. The number of carbonyl (C=O) groups is 1. The molecule has 1 aliphatic rings. The van der Waals surface area contributed by atoms with Crippen LogP contribution >= 0.6 is 0 Å². The van der Waals surface area contributed by atoms with Gasteiger partial charge in [0.2, 0.25) is 5.91 Å². The van der Waals surface area contributed by atoms with Crippen LogP contribution in [0, 0.1) is 6.92 Å². The largest absolute Gasteiger partial charge is 0.354 e. The molecule has 0 aliphatic carbocycles. The highest BCUT2D eigenvalue weighted by Crippen LogP contribution is 2.19. The molecule has 3 aromatic rings. The summed E-state index contributed by atoms with van der Waals surface area (Å²) in [5.41, 5.74) is 1.73. The van der Waals surface area contributed by atoms with Crippen molar-refractivity contribution in [2.45, 2.75) is 58.5 Å². The van der Waals surface area contributed by atoms with Crippen LogP contribution in [0.25, 0.3) is 16.8 Å². The fourth-order valence-electron chi connectivity index (χ4n) is 4.55. The minimum atomic E-state index is -0.320. The number of rotatable bonds is 8. The average molecular weight is 437 g/mol. The Labute approximate surface area is 188 Å². The van der Waals surface area contributed by atoms with Crippen LogP contribution in [0.3, 0.4) is 0 Å². The van der Waals surface area contributed by atoms with E-state index >= 15 is 0 Å². The molecular formula is C24H32N6O2. The first-order chi connectivity index (χ1) is 15.6. The van der Waals surface area contributed by atoms with Crippen molar-refractivity contribution in [3.05, 3.63) is 52.6 Å². The Bertz CT molecular complexity index is 1120. The van der Waals surface area contributed by atoms with Crippen molar-refractivity contribution < 1.29 is 4.79 Å². The van der Waals surface area contributed by atoms with Crippen molar-refractivity contribution >= 4 is 11.4 Å². The van der Waals surface area contributed by atoms with E-state index in [0.717, 1.165) is 25.1 Å². The van der Waals surface area contributed by atoms with E-state index in [-0.39, 0.29) is 18.0 Å². The van der Waals surface area contributed by atoms with Crippen LogP contribution in [-0.4, -0.2) is 55.9 Å². The molecular weight excluding hydrogens is 404 g/mol. The minimum Gasteiger partial charge on any atom is -0.354 e. The number of nitrogens with one attached hydrogen (secondary N) is 1. The lowest BCUT2D eigenvalue weighted by molar-refractivity contribution is -0.121. The fraction of sp³-hybridized carbons (Fsp3) is 0.500. The van der Waals surface area contributed by atoms with Crippen LogP contribution in [0.5, 0.6) is 0 Å². The number of hydrogen-bond acceptors (Lipinski definition) is 5. The number of benzene rings is 1. The Balaban J connectivity index is 1.37. The van der Waals surface area contributed by atoms with Gasteiger partial charge in [0.05, 0.1) is 5.69 Å². The lowest BCUT2D eigenvalue weighted by atomic mass is 10.00. The summed E-state index contributed by atoms with van der Waals surface area (Å²) in [6, 6.07) is 12.1. The normalized spacial score (nSPS) is 17.0. The van der Waals surface area contributed by atoms with Crippen LogP contribution in [0.4, 0.5) is 0 Å². The summed E-state index contributed by atoms with van der Waals surface area (Å²) < 4.78 is 2.77. The summed E-state index contributed by atoms with van der Waals surface area (Å²) in [6.45, 7) is 6.69. The SMILES string of the molecule is CC[C@@H]1CCCCN1CCCNC(=O)Cn1nc(C)n2nc(-c3ccccc3)cc2c1=O. The number of aromatic nitrogens is 4. The predicted molar refractivity (Wildman–Crippen MR) is 125 cm³/mol. The summed E-state index contributed by atoms with van der Waals surface area (Å²) in [5, 5.41) is 11.8. The van der Waals surface area contributed by atoms with Gasteiger partial charge >= 0.3 is 0 Å². The van der Waals surface area contributed by atoms with E-state index in [1.54, 1.807) is 17.5 Å². The molecule has 1 amide bonds. The summed E-state index contributed by atoms with van der Waals surface area (Å²) >= 11 is 0. The molecule has 1 aliphatic heterocycles. The van der Waals surface area contributed by atoms with Gasteiger partial charge in [0.1, 0.15) is 17.9 Å². The molecule has 0 spiro atoms. The maximum atomic E-state index is 12.9. The van der Waals surface area contributed by atoms with Crippen molar-refractivity contribution in [3.8, 4) is 11.3 Å². The molecule has 3 heterocycles. The van der Waals surface area contributed by atoms with Crippen LogP contribution in [0.15, 0.2) is 41.2 Å². The standard InChI is InChI=1S/C24H32N6O2/c1-3-20-12-7-8-14-28(20)15-9-13-25-23(31)17-29-24(32)22-16-21(19-10-5-4-6-11-19)27-30(22)18(2)26-29/h4-6,10-11,16,20H,3,7-9,12-15,17H2,1-2H3,(H,25,31)/t20-/m1/s1. The highest BCUT2D eigenvalue weighted by atomic mass is 16.2. The lowest BCUT2D eigenvalue weighted by Gasteiger charge is -2.35. The molecule has 1 aromatic carbocycles. The summed E-state index contributed by atoms with van der Waals surface area (Å²) in [4.78, 5) is 27.9. The third-order valence-electron chi connectivity index (χ3n) is 6.26. The lowest BCUT2D eigenvalue weighted by Crippen LogP contribution is -2.41. The van der Waals surface area contributed by atoms with Crippen LogP contribution in [0.1, 0.15) is 44.9 Å². The van der Waals surface area contributed by atoms with Crippen LogP contribution < -0.4 is 10.9 Å².